The van der Waals surface area contributed by atoms with Crippen molar-refractivity contribution in [3.05, 3.63) is 231 Å². The van der Waals surface area contributed by atoms with Crippen LogP contribution in [0.25, 0.3) is 72.0 Å². The summed E-state index contributed by atoms with van der Waals surface area (Å²) in [5.74, 6) is 0. The maximum Gasteiger partial charge on any atom is 0.0547 e. The summed E-state index contributed by atoms with van der Waals surface area (Å²) < 4.78 is 2.39. The van der Waals surface area contributed by atoms with Crippen LogP contribution in [0.3, 0.4) is 0 Å². The van der Waals surface area contributed by atoms with Crippen molar-refractivity contribution in [1.82, 2.24) is 4.57 Å². The van der Waals surface area contributed by atoms with Gasteiger partial charge in [0, 0.05) is 33.4 Å². The van der Waals surface area contributed by atoms with Gasteiger partial charge in [-0.25, -0.2) is 0 Å². The number of benzene rings is 9. The predicted octanol–water partition coefficient (Wildman–Crippen LogP) is 14.9. The first-order chi connectivity index (χ1) is 27.8. The van der Waals surface area contributed by atoms with Gasteiger partial charge in [0.1, 0.15) is 0 Å². The van der Waals surface area contributed by atoms with E-state index in [4.69, 9.17) is 0 Å². The molecule has 0 saturated carbocycles. The lowest BCUT2D eigenvalue weighted by atomic mass is 9.93. The number of para-hydroxylation sites is 3. The molecule has 0 aliphatic rings. The molecule has 0 bridgehead atoms. The number of anilines is 3. The van der Waals surface area contributed by atoms with Crippen molar-refractivity contribution in [3.63, 3.8) is 0 Å². The summed E-state index contributed by atoms with van der Waals surface area (Å²) in [6, 6.07) is 83.1. The zero-order valence-corrected chi connectivity index (χ0v) is 30.8. The molecule has 0 atom stereocenters. The van der Waals surface area contributed by atoms with Gasteiger partial charge in [-0.1, -0.05) is 176 Å². The van der Waals surface area contributed by atoms with E-state index in [0.717, 1.165) is 28.3 Å². The third kappa shape index (κ3) is 5.95. The molecule has 0 amide bonds. The summed E-state index contributed by atoms with van der Waals surface area (Å²) in [5.41, 5.74) is 16.3. The molecule has 1 aromatic heterocycles. The molecule has 264 valence electrons. The largest absolute Gasteiger partial charge is 0.310 e. The summed E-state index contributed by atoms with van der Waals surface area (Å²) in [6.07, 6.45) is 0. The molecule has 2 heteroatoms. The van der Waals surface area contributed by atoms with E-state index in [0.29, 0.717) is 0 Å². The highest BCUT2D eigenvalue weighted by atomic mass is 15.1. The summed E-state index contributed by atoms with van der Waals surface area (Å²) in [4.78, 5) is 2.43. The first-order valence-corrected chi connectivity index (χ1v) is 19.2. The van der Waals surface area contributed by atoms with Crippen molar-refractivity contribution >= 4 is 38.9 Å². The van der Waals surface area contributed by atoms with E-state index in [-0.39, 0.29) is 0 Å². The van der Waals surface area contributed by atoms with Crippen LogP contribution in [-0.2, 0) is 0 Å². The fourth-order valence-electron chi connectivity index (χ4n) is 8.25. The van der Waals surface area contributed by atoms with Gasteiger partial charge in [0.25, 0.3) is 0 Å². The number of hydrogen-bond acceptors (Lipinski definition) is 1. The highest BCUT2D eigenvalue weighted by molar-refractivity contribution is 6.17. The second kappa shape index (κ2) is 14.4. The fourth-order valence-corrected chi connectivity index (χ4v) is 8.25. The predicted molar refractivity (Wildman–Crippen MR) is 237 cm³/mol. The monoisotopic (exact) mass is 714 g/mol. The lowest BCUT2D eigenvalue weighted by molar-refractivity contribution is 1.18. The maximum atomic E-state index is 2.43. The van der Waals surface area contributed by atoms with E-state index in [1.807, 2.05) is 0 Å². The van der Waals surface area contributed by atoms with E-state index in [1.165, 1.54) is 60.8 Å². The second-order valence-corrected chi connectivity index (χ2v) is 14.1. The topological polar surface area (TPSA) is 8.17 Å². The zero-order valence-electron chi connectivity index (χ0n) is 30.8. The van der Waals surface area contributed by atoms with Crippen molar-refractivity contribution in [2.24, 2.45) is 0 Å². The van der Waals surface area contributed by atoms with Gasteiger partial charge in [-0.05, 0) is 93.5 Å². The zero-order chi connectivity index (χ0) is 37.3. The van der Waals surface area contributed by atoms with Crippen LogP contribution in [0.4, 0.5) is 17.1 Å². The fraction of sp³-hybridized carbons (Fsp3) is 0. The Morgan fingerprint density at radius 3 is 1.54 bits per heavy atom. The Hall–Kier alpha value is -7.42. The molecule has 0 radical (unpaired) electrons. The van der Waals surface area contributed by atoms with Gasteiger partial charge in [0.15, 0.2) is 0 Å². The van der Waals surface area contributed by atoms with Crippen molar-refractivity contribution in [2.75, 3.05) is 4.90 Å². The molecule has 0 fully saturated rings. The van der Waals surface area contributed by atoms with Gasteiger partial charge < -0.3 is 9.47 Å². The van der Waals surface area contributed by atoms with Crippen LogP contribution in [-0.4, -0.2) is 4.57 Å². The molecule has 2 nitrogen and oxygen atoms in total. The molecule has 0 unspecified atom stereocenters. The molecular formula is C54H38N2. The summed E-state index contributed by atoms with van der Waals surface area (Å²) >= 11 is 0. The van der Waals surface area contributed by atoms with Gasteiger partial charge >= 0.3 is 0 Å². The molecule has 0 saturated heterocycles. The molecule has 9 aromatic carbocycles. The van der Waals surface area contributed by atoms with Crippen LogP contribution in [0, 0.1) is 0 Å². The summed E-state index contributed by atoms with van der Waals surface area (Å²) in [6.45, 7) is 0. The molecule has 0 spiro atoms. The van der Waals surface area contributed by atoms with Crippen LogP contribution >= 0.6 is 0 Å². The van der Waals surface area contributed by atoms with Gasteiger partial charge in [-0.3, -0.25) is 0 Å². The Bertz CT molecular complexity index is 2930. The Kier molecular flexibility index (Phi) is 8.55. The average Bonchev–Trinajstić information content (AvgIpc) is 3.63. The Balaban J connectivity index is 1.22. The minimum absolute atomic E-state index is 1.09. The van der Waals surface area contributed by atoms with Crippen LogP contribution in [0.2, 0.25) is 0 Å². The minimum Gasteiger partial charge on any atom is -0.310 e. The maximum absolute atomic E-state index is 2.43. The van der Waals surface area contributed by atoms with Crippen molar-refractivity contribution < 1.29 is 0 Å². The third-order valence-corrected chi connectivity index (χ3v) is 10.8. The van der Waals surface area contributed by atoms with Gasteiger partial charge in [-0.2, -0.15) is 0 Å². The smallest absolute Gasteiger partial charge is 0.0547 e. The average molecular weight is 715 g/mol. The number of rotatable bonds is 8. The number of fused-ring (bicyclic) bond motifs is 3. The first kappa shape index (κ1) is 33.2. The number of nitrogens with zero attached hydrogens (tertiary/aromatic N) is 2. The highest BCUT2D eigenvalue weighted by Gasteiger charge is 2.22. The van der Waals surface area contributed by atoms with Gasteiger partial charge in [-0.15, -0.1) is 0 Å². The van der Waals surface area contributed by atoms with E-state index in [2.05, 4.69) is 240 Å². The van der Waals surface area contributed by atoms with Crippen molar-refractivity contribution in [2.45, 2.75) is 0 Å². The quantitative estimate of drug-likeness (QED) is 0.152. The molecule has 0 aliphatic carbocycles. The molecule has 1 heterocycles. The Morgan fingerprint density at radius 1 is 0.304 bits per heavy atom. The standard InChI is InChI=1S/C54H38N2/c1-5-18-39(19-6-1)40-32-34-44(35-33-40)55(45-36-37-46(41-20-7-2-8-21-41)50(38-45)42-22-9-3-10-23-42)51-29-15-13-26-47(51)48-28-17-31-53-54(48)49-27-14-16-30-52(49)56(53)43-24-11-4-12-25-43/h1-38H. The molecule has 10 aromatic rings. The first-order valence-electron chi connectivity index (χ1n) is 19.2. The number of hydrogen-bond donors (Lipinski definition) is 0. The van der Waals surface area contributed by atoms with Crippen LogP contribution in [0.15, 0.2) is 231 Å². The lowest BCUT2D eigenvalue weighted by Crippen LogP contribution is -2.11. The Labute approximate surface area is 327 Å². The van der Waals surface area contributed by atoms with Crippen molar-refractivity contribution in [1.29, 1.82) is 0 Å². The van der Waals surface area contributed by atoms with Crippen molar-refractivity contribution in [3.8, 4) is 50.2 Å². The van der Waals surface area contributed by atoms with E-state index < -0.39 is 0 Å². The highest BCUT2D eigenvalue weighted by Crippen LogP contribution is 2.47. The molecule has 0 N–H and O–H groups in total. The van der Waals surface area contributed by atoms with Gasteiger partial charge in [0.05, 0.1) is 16.7 Å². The molecule has 10 rings (SSSR count). The summed E-state index contributed by atoms with van der Waals surface area (Å²) in [7, 11) is 0. The number of aromatic nitrogens is 1. The molecule has 56 heavy (non-hydrogen) atoms. The van der Waals surface area contributed by atoms with Crippen LogP contribution < -0.4 is 4.90 Å². The third-order valence-electron chi connectivity index (χ3n) is 10.8. The SMILES string of the molecule is c1ccc(-c2ccc(N(c3ccc(-c4ccccc4)c(-c4ccccc4)c3)c3ccccc3-c3cccc4c3c3ccccc3n4-c3ccccc3)cc2)cc1. The normalized spacial score (nSPS) is 11.2. The van der Waals surface area contributed by atoms with Gasteiger partial charge in [0.2, 0.25) is 0 Å². The van der Waals surface area contributed by atoms with Crippen LogP contribution in [0.1, 0.15) is 0 Å². The van der Waals surface area contributed by atoms with Crippen LogP contribution in [0.5, 0.6) is 0 Å². The minimum atomic E-state index is 1.09. The molecule has 0 aliphatic heterocycles. The summed E-state index contributed by atoms with van der Waals surface area (Å²) in [5, 5.41) is 2.47. The van der Waals surface area contributed by atoms with E-state index in [1.54, 1.807) is 0 Å². The van der Waals surface area contributed by atoms with E-state index in [9.17, 15) is 0 Å². The van der Waals surface area contributed by atoms with E-state index >= 15 is 0 Å². The Morgan fingerprint density at radius 2 is 0.821 bits per heavy atom. The lowest BCUT2D eigenvalue weighted by Gasteiger charge is -2.29. The molecular weight excluding hydrogens is 677 g/mol. The second-order valence-electron chi connectivity index (χ2n) is 14.1.